The van der Waals surface area contributed by atoms with Crippen LogP contribution in [0.2, 0.25) is 10.0 Å². The molecule has 0 aliphatic rings. The van der Waals surface area contributed by atoms with Crippen LogP contribution in [0.5, 0.6) is 0 Å². The van der Waals surface area contributed by atoms with Gasteiger partial charge in [-0.1, -0.05) is 29.3 Å². The van der Waals surface area contributed by atoms with Gasteiger partial charge >= 0.3 is 5.97 Å². The van der Waals surface area contributed by atoms with Crippen LogP contribution in [0.4, 0.5) is 0 Å². The first-order valence-electron chi connectivity index (χ1n) is 6.92. The van der Waals surface area contributed by atoms with Gasteiger partial charge < -0.3 is 9.30 Å². The van der Waals surface area contributed by atoms with E-state index in [1.807, 2.05) is 0 Å². The number of hydrogen-bond donors (Lipinski definition) is 1. The maximum absolute atomic E-state index is 11.8. The molecule has 0 saturated carbocycles. The number of benzene rings is 1. The summed E-state index contributed by atoms with van der Waals surface area (Å²) in [5, 5.41) is 2.93. The molecule has 6 nitrogen and oxygen atoms in total. The van der Waals surface area contributed by atoms with Gasteiger partial charge in [0, 0.05) is 23.3 Å². The van der Waals surface area contributed by atoms with Crippen LogP contribution in [0, 0.1) is 0 Å². The number of aromatic nitrogens is 1. The third-order valence-electron chi connectivity index (χ3n) is 3.14. The fraction of sp³-hybridized carbons (Fsp3) is 0.188. The second kappa shape index (κ2) is 7.99. The summed E-state index contributed by atoms with van der Waals surface area (Å²) in [5.74, 6) is -1.92. The number of rotatable bonds is 5. The predicted molar refractivity (Wildman–Crippen MR) is 89.0 cm³/mol. The molecule has 1 aromatic carbocycles. The van der Waals surface area contributed by atoms with Gasteiger partial charge in [0.05, 0.1) is 6.42 Å². The van der Waals surface area contributed by atoms with Crippen LogP contribution < -0.4 is 5.32 Å². The Morgan fingerprint density at radius 3 is 2.58 bits per heavy atom. The molecule has 0 bridgehead atoms. The van der Waals surface area contributed by atoms with Crippen molar-refractivity contribution >= 4 is 41.0 Å². The quantitative estimate of drug-likeness (QED) is 0.821. The van der Waals surface area contributed by atoms with Crippen molar-refractivity contribution < 1.29 is 19.1 Å². The molecular weight excluding hydrogens is 355 g/mol. The van der Waals surface area contributed by atoms with Gasteiger partial charge in [0.25, 0.3) is 11.8 Å². The second-order valence-corrected chi connectivity index (χ2v) is 5.80. The fourth-order valence-corrected chi connectivity index (χ4v) is 2.42. The predicted octanol–water partition coefficient (Wildman–Crippen LogP) is 2.37. The van der Waals surface area contributed by atoms with Crippen molar-refractivity contribution in [2.45, 2.75) is 6.42 Å². The van der Waals surface area contributed by atoms with E-state index >= 15 is 0 Å². The molecule has 1 N–H and O–H groups in total. The number of carbonyl (C=O) groups excluding carboxylic acids is 3. The Hall–Kier alpha value is -2.31. The zero-order valence-electron chi connectivity index (χ0n) is 12.7. The number of carbonyl (C=O) groups is 3. The SMILES string of the molecule is Cn1cccc1C(=O)NC(=O)COC(=O)Cc1ccc(Cl)cc1Cl. The minimum atomic E-state index is -0.711. The van der Waals surface area contributed by atoms with Crippen molar-refractivity contribution in [3.63, 3.8) is 0 Å². The first-order chi connectivity index (χ1) is 11.4. The summed E-state index contributed by atoms with van der Waals surface area (Å²) in [7, 11) is 1.68. The number of nitrogens with zero attached hydrogens (tertiary/aromatic N) is 1. The van der Waals surface area contributed by atoms with Gasteiger partial charge in [0.15, 0.2) is 6.61 Å². The lowest BCUT2D eigenvalue weighted by Gasteiger charge is -2.07. The molecule has 0 spiro atoms. The first kappa shape index (κ1) is 18.0. The van der Waals surface area contributed by atoms with Crippen LogP contribution in [0.25, 0.3) is 0 Å². The number of hydrogen-bond acceptors (Lipinski definition) is 4. The van der Waals surface area contributed by atoms with Crippen molar-refractivity contribution in [1.29, 1.82) is 0 Å². The van der Waals surface area contributed by atoms with Crippen molar-refractivity contribution in [2.75, 3.05) is 6.61 Å². The largest absolute Gasteiger partial charge is 0.455 e. The maximum Gasteiger partial charge on any atom is 0.310 e. The van der Waals surface area contributed by atoms with Crippen molar-refractivity contribution in [2.24, 2.45) is 7.05 Å². The summed E-state index contributed by atoms with van der Waals surface area (Å²) < 4.78 is 6.41. The lowest BCUT2D eigenvalue weighted by Crippen LogP contribution is -2.35. The zero-order valence-corrected chi connectivity index (χ0v) is 14.2. The summed E-state index contributed by atoms with van der Waals surface area (Å²) in [5.41, 5.74) is 0.856. The van der Waals surface area contributed by atoms with Gasteiger partial charge in [-0.2, -0.15) is 0 Å². The molecular formula is C16H14Cl2N2O4. The molecule has 1 aromatic heterocycles. The molecule has 0 aliphatic carbocycles. The van der Waals surface area contributed by atoms with Crippen molar-refractivity contribution in [1.82, 2.24) is 9.88 Å². The van der Waals surface area contributed by atoms with Crippen LogP contribution in [-0.2, 0) is 27.8 Å². The van der Waals surface area contributed by atoms with E-state index in [2.05, 4.69) is 5.32 Å². The Kier molecular flexibility index (Phi) is 6.00. The third kappa shape index (κ3) is 4.84. The van der Waals surface area contributed by atoms with E-state index in [1.54, 1.807) is 42.1 Å². The number of esters is 1. The highest BCUT2D eigenvalue weighted by Crippen LogP contribution is 2.21. The molecule has 0 unspecified atom stereocenters. The highest BCUT2D eigenvalue weighted by molar-refractivity contribution is 6.35. The monoisotopic (exact) mass is 368 g/mol. The lowest BCUT2D eigenvalue weighted by molar-refractivity contribution is -0.147. The summed E-state index contributed by atoms with van der Waals surface area (Å²) in [6.07, 6.45) is 1.57. The smallest absolute Gasteiger partial charge is 0.310 e. The number of halogens is 2. The topological polar surface area (TPSA) is 77.4 Å². The fourth-order valence-electron chi connectivity index (χ4n) is 1.94. The van der Waals surface area contributed by atoms with E-state index in [4.69, 9.17) is 27.9 Å². The Bertz CT molecular complexity index is 786. The summed E-state index contributed by atoms with van der Waals surface area (Å²) >= 11 is 11.7. The molecule has 0 aliphatic heterocycles. The number of ether oxygens (including phenoxy) is 1. The Balaban J connectivity index is 1.82. The van der Waals surface area contributed by atoms with E-state index in [9.17, 15) is 14.4 Å². The van der Waals surface area contributed by atoms with E-state index in [1.165, 1.54) is 6.07 Å². The van der Waals surface area contributed by atoms with E-state index in [0.717, 1.165) is 0 Å². The Morgan fingerprint density at radius 1 is 1.21 bits per heavy atom. The zero-order chi connectivity index (χ0) is 17.7. The number of nitrogens with one attached hydrogen (secondary N) is 1. The molecule has 126 valence electrons. The molecule has 0 fully saturated rings. The molecule has 0 atom stereocenters. The minimum absolute atomic E-state index is 0.102. The van der Waals surface area contributed by atoms with E-state index in [-0.39, 0.29) is 6.42 Å². The van der Waals surface area contributed by atoms with Crippen molar-refractivity contribution in [3.05, 3.63) is 57.8 Å². The highest BCUT2D eigenvalue weighted by Gasteiger charge is 2.15. The standard InChI is InChI=1S/C16H14Cl2N2O4/c1-20-6-2-3-13(20)16(23)19-14(21)9-24-15(22)7-10-4-5-11(17)8-12(10)18/h2-6,8H,7,9H2,1H3,(H,19,21,23). The number of imide groups is 1. The first-order valence-corrected chi connectivity index (χ1v) is 7.67. The van der Waals surface area contributed by atoms with Crippen LogP contribution >= 0.6 is 23.2 Å². The van der Waals surface area contributed by atoms with Crippen molar-refractivity contribution in [3.8, 4) is 0 Å². The van der Waals surface area contributed by atoms with E-state index < -0.39 is 24.4 Å². The average Bonchev–Trinajstić information content (AvgIpc) is 2.94. The third-order valence-corrected chi connectivity index (χ3v) is 3.73. The van der Waals surface area contributed by atoms with Crippen LogP contribution in [0.1, 0.15) is 16.1 Å². The van der Waals surface area contributed by atoms with E-state index in [0.29, 0.717) is 21.3 Å². The van der Waals surface area contributed by atoms with Crippen LogP contribution in [0.15, 0.2) is 36.5 Å². The van der Waals surface area contributed by atoms with Gasteiger partial charge in [-0.15, -0.1) is 0 Å². The maximum atomic E-state index is 11.8. The normalized spacial score (nSPS) is 10.3. The van der Waals surface area contributed by atoms with Gasteiger partial charge in [-0.05, 0) is 29.8 Å². The molecule has 2 rings (SSSR count). The highest BCUT2D eigenvalue weighted by atomic mass is 35.5. The number of aryl methyl sites for hydroxylation is 1. The summed E-state index contributed by atoms with van der Waals surface area (Å²) in [4.78, 5) is 35.2. The molecule has 0 saturated heterocycles. The van der Waals surface area contributed by atoms with Crippen LogP contribution in [-0.4, -0.2) is 29.0 Å². The average molecular weight is 369 g/mol. The van der Waals surface area contributed by atoms with Gasteiger partial charge in [0.1, 0.15) is 5.69 Å². The Labute approximate surface area is 148 Å². The summed E-state index contributed by atoms with van der Waals surface area (Å²) in [6.45, 7) is -0.555. The second-order valence-electron chi connectivity index (χ2n) is 4.95. The summed E-state index contributed by atoms with van der Waals surface area (Å²) in [6, 6.07) is 7.95. The van der Waals surface area contributed by atoms with Gasteiger partial charge in [0.2, 0.25) is 0 Å². The molecule has 2 amide bonds. The molecule has 0 radical (unpaired) electrons. The molecule has 24 heavy (non-hydrogen) atoms. The van der Waals surface area contributed by atoms with Gasteiger partial charge in [-0.3, -0.25) is 19.7 Å². The Morgan fingerprint density at radius 2 is 1.96 bits per heavy atom. The minimum Gasteiger partial charge on any atom is -0.455 e. The van der Waals surface area contributed by atoms with Crippen LogP contribution in [0.3, 0.4) is 0 Å². The lowest BCUT2D eigenvalue weighted by atomic mass is 10.1. The number of amides is 2. The molecule has 2 aromatic rings. The molecule has 1 heterocycles. The molecule has 8 heteroatoms. The van der Waals surface area contributed by atoms with Gasteiger partial charge in [-0.25, -0.2) is 0 Å².